The lowest BCUT2D eigenvalue weighted by molar-refractivity contribution is 1.12. The predicted molar refractivity (Wildman–Crippen MR) is 45.7 cm³/mol. The first-order chi connectivity index (χ1) is 4.00. The Kier molecular flexibility index (Phi) is 8.37. The van der Waals surface area contributed by atoms with Gasteiger partial charge in [0.05, 0.1) is 0 Å². The van der Waals surface area contributed by atoms with Gasteiger partial charge in [-0.05, 0) is 17.9 Å². The average Bonchev–Trinajstić information content (AvgIpc) is 1.96. The van der Waals surface area contributed by atoms with Crippen LogP contribution in [0.25, 0.3) is 0 Å². The van der Waals surface area contributed by atoms with Gasteiger partial charge in [-0.15, -0.1) is 0 Å². The largest absolute Gasteiger partial charge is 0.151 e. The maximum Gasteiger partial charge on any atom is 0.0392 e. The van der Waals surface area contributed by atoms with E-state index in [1.165, 1.54) is 23.0 Å². The number of rotatable bonds is 0. The number of thioether (sulfide) groups is 2. The maximum absolute atomic E-state index is 2.06. The molecule has 0 aromatic carbocycles. The van der Waals surface area contributed by atoms with Crippen molar-refractivity contribution in [2.24, 2.45) is 0 Å². The van der Waals surface area contributed by atoms with Crippen molar-refractivity contribution in [3.05, 3.63) is 0 Å². The molecule has 0 spiro atoms. The van der Waals surface area contributed by atoms with Crippen molar-refractivity contribution in [1.29, 1.82) is 0 Å². The molecule has 0 aromatic heterocycles. The third kappa shape index (κ3) is 4.85. The molecule has 0 nitrogen and oxygen atoms in total. The summed E-state index contributed by atoms with van der Waals surface area (Å²) in [6.07, 6.45) is 1.43. The van der Waals surface area contributed by atoms with Crippen molar-refractivity contribution < 1.29 is 0 Å². The van der Waals surface area contributed by atoms with Gasteiger partial charge in [-0.2, -0.15) is 23.5 Å². The van der Waals surface area contributed by atoms with Gasteiger partial charge in [-0.25, -0.2) is 0 Å². The van der Waals surface area contributed by atoms with Gasteiger partial charge < -0.3 is 0 Å². The molecule has 1 saturated heterocycles. The minimum absolute atomic E-state index is 1.33. The minimum atomic E-state index is 1.33. The highest BCUT2D eigenvalue weighted by Gasteiger charge is 1.95. The molecular formula is C6H14S2. The van der Waals surface area contributed by atoms with E-state index in [1.807, 2.05) is 13.8 Å². The van der Waals surface area contributed by atoms with Gasteiger partial charge >= 0.3 is 0 Å². The number of hydrogen-bond donors (Lipinski definition) is 0. The van der Waals surface area contributed by atoms with Gasteiger partial charge in [-0.1, -0.05) is 13.8 Å². The molecular weight excluding hydrogens is 136 g/mol. The van der Waals surface area contributed by atoms with E-state index in [-0.39, 0.29) is 0 Å². The molecule has 1 fully saturated rings. The van der Waals surface area contributed by atoms with Crippen LogP contribution in [-0.4, -0.2) is 16.6 Å². The highest BCUT2D eigenvalue weighted by molar-refractivity contribution is 8.16. The van der Waals surface area contributed by atoms with Crippen molar-refractivity contribution >= 4 is 23.5 Å². The van der Waals surface area contributed by atoms with E-state index in [9.17, 15) is 0 Å². The van der Waals surface area contributed by atoms with E-state index in [1.54, 1.807) is 0 Å². The molecule has 0 radical (unpaired) electrons. The zero-order valence-electron chi connectivity index (χ0n) is 5.64. The lowest BCUT2D eigenvalue weighted by atomic mass is 10.6. The molecule has 0 unspecified atom stereocenters. The van der Waals surface area contributed by atoms with Crippen molar-refractivity contribution in [3.8, 4) is 0 Å². The van der Waals surface area contributed by atoms with Gasteiger partial charge in [0.2, 0.25) is 0 Å². The third-order valence-electron chi connectivity index (χ3n) is 0.744. The van der Waals surface area contributed by atoms with Crippen LogP contribution in [0.3, 0.4) is 0 Å². The monoisotopic (exact) mass is 150 g/mol. The summed E-state index contributed by atoms with van der Waals surface area (Å²) >= 11 is 4.12. The van der Waals surface area contributed by atoms with E-state index in [4.69, 9.17) is 0 Å². The number of hydrogen-bond acceptors (Lipinski definition) is 2. The van der Waals surface area contributed by atoms with E-state index in [2.05, 4.69) is 23.5 Å². The Morgan fingerprint density at radius 2 is 1.50 bits per heavy atom. The first kappa shape index (κ1) is 8.70. The second-order valence-electron chi connectivity index (χ2n) is 1.29. The van der Waals surface area contributed by atoms with Crippen LogP contribution in [0.15, 0.2) is 0 Å². The summed E-state index contributed by atoms with van der Waals surface area (Å²) in [5.74, 6) is 2.79. The van der Waals surface area contributed by atoms with Crippen molar-refractivity contribution in [2.45, 2.75) is 20.3 Å². The molecule has 1 rings (SSSR count). The Hall–Kier alpha value is 0.700. The minimum Gasteiger partial charge on any atom is -0.151 e. The molecule has 0 atom stereocenters. The SMILES string of the molecule is C1CSCSC1.CC. The Bertz CT molecular complexity index is 22.0. The molecule has 0 saturated carbocycles. The molecule has 2 heteroatoms. The van der Waals surface area contributed by atoms with Crippen LogP contribution >= 0.6 is 23.5 Å². The van der Waals surface area contributed by atoms with Gasteiger partial charge in [0, 0.05) is 5.08 Å². The van der Waals surface area contributed by atoms with Crippen LogP contribution in [0, 0.1) is 0 Å². The summed E-state index contributed by atoms with van der Waals surface area (Å²) in [7, 11) is 0. The van der Waals surface area contributed by atoms with Crippen LogP contribution in [0.2, 0.25) is 0 Å². The summed E-state index contributed by atoms with van der Waals surface area (Å²) in [6, 6.07) is 0. The second kappa shape index (κ2) is 7.70. The molecule has 0 aliphatic carbocycles. The third-order valence-corrected chi connectivity index (χ3v) is 3.23. The Morgan fingerprint density at radius 3 is 1.62 bits per heavy atom. The Morgan fingerprint density at radius 1 is 1.00 bits per heavy atom. The van der Waals surface area contributed by atoms with Gasteiger partial charge in [-0.3, -0.25) is 0 Å². The fraction of sp³-hybridized carbons (Fsp3) is 1.00. The first-order valence-electron chi connectivity index (χ1n) is 3.15. The van der Waals surface area contributed by atoms with Gasteiger partial charge in [0.25, 0.3) is 0 Å². The fourth-order valence-electron chi connectivity index (χ4n) is 0.440. The molecule has 1 aliphatic heterocycles. The Balaban J connectivity index is 0.000000222. The predicted octanol–water partition coefficient (Wildman–Crippen LogP) is 2.84. The van der Waals surface area contributed by atoms with E-state index in [0.717, 1.165) is 0 Å². The summed E-state index contributed by atoms with van der Waals surface area (Å²) in [4.78, 5) is 0. The summed E-state index contributed by atoms with van der Waals surface area (Å²) in [6.45, 7) is 4.00. The molecule has 0 N–H and O–H groups in total. The smallest absolute Gasteiger partial charge is 0.0392 e. The highest BCUT2D eigenvalue weighted by atomic mass is 32.2. The Labute approximate surface area is 60.8 Å². The van der Waals surface area contributed by atoms with Crippen molar-refractivity contribution in [2.75, 3.05) is 16.6 Å². The van der Waals surface area contributed by atoms with E-state index < -0.39 is 0 Å². The quantitative estimate of drug-likeness (QED) is 0.521. The van der Waals surface area contributed by atoms with E-state index in [0.29, 0.717) is 0 Å². The molecule has 1 heterocycles. The average molecular weight is 150 g/mol. The first-order valence-corrected chi connectivity index (χ1v) is 5.46. The molecule has 0 amide bonds. The van der Waals surface area contributed by atoms with Crippen molar-refractivity contribution in [1.82, 2.24) is 0 Å². The van der Waals surface area contributed by atoms with Gasteiger partial charge in [0.1, 0.15) is 0 Å². The fourth-order valence-corrected chi connectivity index (χ4v) is 2.73. The van der Waals surface area contributed by atoms with Crippen LogP contribution in [0.1, 0.15) is 20.3 Å². The standard InChI is InChI=1S/C4H8S2.C2H6/c1-2-5-4-6-3-1;1-2/h1-4H2;1-2H3. The highest BCUT2D eigenvalue weighted by Crippen LogP contribution is 2.19. The summed E-state index contributed by atoms with van der Waals surface area (Å²) < 4.78 is 0. The molecule has 50 valence electrons. The van der Waals surface area contributed by atoms with E-state index >= 15 is 0 Å². The van der Waals surface area contributed by atoms with Crippen LogP contribution in [-0.2, 0) is 0 Å². The zero-order valence-corrected chi connectivity index (χ0v) is 7.28. The summed E-state index contributed by atoms with van der Waals surface area (Å²) in [5, 5.41) is 1.33. The molecule has 0 bridgehead atoms. The van der Waals surface area contributed by atoms with Crippen LogP contribution in [0.5, 0.6) is 0 Å². The maximum atomic E-state index is 2.06. The summed E-state index contributed by atoms with van der Waals surface area (Å²) in [5.41, 5.74) is 0. The zero-order chi connectivity index (χ0) is 6.24. The topological polar surface area (TPSA) is 0 Å². The van der Waals surface area contributed by atoms with Gasteiger partial charge in [0.15, 0.2) is 0 Å². The normalized spacial score (nSPS) is 18.8. The molecule has 8 heavy (non-hydrogen) atoms. The van der Waals surface area contributed by atoms with Crippen molar-refractivity contribution in [3.63, 3.8) is 0 Å². The second-order valence-corrected chi connectivity index (χ2v) is 3.86. The lowest BCUT2D eigenvalue weighted by Crippen LogP contribution is -1.90. The van der Waals surface area contributed by atoms with Crippen LogP contribution in [0.4, 0.5) is 0 Å². The molecule has 1 aliphatic rings. The lowest BCUT2D eigenvalue weighted by Gasteiger charge is -2.05. The van der Waals surface area contributed by atoms with Crippen LogP contribution < -0.4 is 0 Å². The molecule has 0 aromatic rings.